The Morgan fingerprint density at radius 3 is 3.15 bits per heavy atom. The summed E-state index contributed by atoms with van der Waals surface area (Å²) in [5.74, 6) is 1.12. The molecule has 0 amide bonds. The maximum atomic E-state index is 5.52. The number of fused-ring (bicyclic) bond motifs is 1. The third kappa shape index (κ3) is 1.69. The molecule has 1 heteroatoms. The van der Waals surface area contributed by atoms with E-state index in [0.717, 1.165) is 18.8 Å². The van der Waals surface area contributed by atoms with Crippen LogP contribution in [-0.2, 0) is 12.8 Å². The van der Waals surface area contributed by atoms with Crippen LogP contribution in [0.2, 0.25) is 0 Å². The molecule has 0 unspecified atom stereocenters. The molecule has 70 valence electrons. The van der Waals surface area contributed by atoms with Gasteiger partial charge in [-0.25, -0.2) is 0 Å². The molecule has 1 aromatic rings. The van der Waals surface area contributed by atoms with Crippen LogP contribution in [0.3, 0.4) is 0 Å². The van der Waals surface area contributed by atoms with Gasteiger partial charge < -0.3 is 4.74 Å². The lowest BCUT2D eigenvalue weighted by atomic mass is 10.0. The minimum absolute atomic E-state index is 0.873. The van der Waals surface area contributed by atoms with Gasteiger partial charge in [-0.2, -0.15) is 0 Å². The van der Waals surface area contributed by atoms with Crippen molar-refractivity contribution in [2.45, 2.75) is 32.6 Å². The molecule has 0 aromatic heterocycles. The number of benzene rings is 1. The molecule has 0 N–H and O–H groups in total. The van der Waals surface area contributed by atoms with Crippen LogP contribution in [0, 0.1) is 0 Å². The minimum atomic E-state index is 0.873. The zero-order chi connectivity index (χ0) is 9.10. The fourth-order valence-electron chi connectivity index (χ4n) is 1.89. The summed E-state index contributed by atoms with van der Waals surface area (Å²) in [5.41, 5.74) is 2.95. The highest BCUT2D eigenvalue weighted by Crippen LogP contribution is 2.28. The molecule has 0 radical (unpaired) electrons. The van der Waals surface area contributed by atoms with Gasteiger partial charge in [0.15, 0.2) is 0 Å². The Hall–Kier alpha value is -0.980. The second-order valence-corrected chi connectivity index (χ2v) is 3.60. The van der Waals surface area contributed by atoms with Gasteiger partial charge >= 0.3 is 0 Å². The van der Waals surface area contributed by atoms with Crippen molar-refractivity contribution in [3.8, 4) is 5.75 Å². The van der Waals surface area contributed by atoms with E-state index >= 15 is 0 Å². The van der Waals surface area contributed by atoms with Crippen LogP contribution in [0.25, 0.3) is 0 Å². The van der Waals surface area contributed by atoms with Gasteiger partial charge in [-0.05, 0) is 24.5 Å². The molecule has 1 aliphatic rings. The number of rotatable bonds is 3. The summed E-state index contributed by atoms with van der Waals surface area (Å²) in [7, 11) is 0. The van der Waals surface area contributed by atoms with Gasteiger partial charge in [0, 0.05) is 12.0 Å². The molecule has 0 saturated carbocycles. The SMILES string of the molecule is CCCCc1cccc2c1CCO2. The van der Waals surface area contributed by atoms with E-state index in [0.29, 0.717) is 0 Å². The summed E-state index contributed by atoms with van der Waals surface area (Å²) in [6, 6.07) is 6.43. The van der Waals surface area contributed by atoms with Crippen LogP contribution in [0.5, 0.6) is 5.75 Å². The third-order valence-electron chi connectivity index (χ3n) is 2.64. The van der Waals surface area contributed by atoms with Crippen LogP contribution in [-0.4, -0.2) is 6.61 Å². The maximum absolute atomic E-state index is 5.52. The zero-order valence-corrected chi connectivity index (χ0v) is 8.18. The average molecular weight is 176 g/mol. The molecule has 0 aliphatic carbocycles. The van der Waals surface area contributed by atoms with E-state index in [4.69, 9.17) is 4.74 Å². The molecular formula is C12H16O. The third-order valence-corrected chi connectivity index (χ3v) is 2.64. The predicted molar refractivity (Wildman–Crippen MR) is 54.3 cm³/mol. The lowest BCUT2D eigenvalue weighted by Gasteiger charge is -2.05. The summed E-state index contributed by atoms with van der Waals surface area (Å²) in [5, 5.41) is 0. The first-order valence-corrected chi connectivity index (χ1v) is 5.15. The Bertz CT molecular complexity index is 291. The largest absolute Gasteiger partial charge is 0.493 e. The van der Waals surface area contributed by atoms with E-state index in [1.165, 1.54) is 30.4 Å². The van der Waals surface area contributed by atoms with E-state index < -0.39 is 0 Å². The summed E-state index contributed by atoms with van der Waals surface area (Å²) < 4.78 is 5.52. The lowest BCUT2D eigenvalue weighted by molar-refractivity contribution is 0.357. The summed E-state index contributed by atoms with van der Waals surface area (Å²) >= 11 is 0. The molecular weight excluding hydrogens is 160 g/mol. The Morgan fingerprint density at radius 2 is 2.31 bits per heavy atom. The first-order valence-electron chi connectivity index (χ1n) is 5.15. The number of unbranched alkanes of at least 4 members (excludes halogenated alkanes) is 1. The summed E-state index contributed by atoms with van der Waals surface area (Å²) in [6.45, 7) is 3.11. The van der Waals surface area contributed by atoms with E-state index in [9.17, 15) is 0 Å². The highest BCUT2D eigenvalue weighted by Gasteiger charge is 2.14. The first-order chi connectivity index (χ1) is 6.42. The Balaban J connectivity index is 2.20. The van der Waals surface area contributed by atoms with Crippen molar-refractivity contribution >= 4 is 0 Å². The number of ether oxygens (including phenoxy) is 1. The van der Waals surface area contributed by atoms with Crippen LogP contribution < -0.4 is 4.74 Å². The normalized spacial score (nSPS) is 13.9. The van der Waals surface area contributed by atoms with Gasteiger partial charge in [0.1, 0.15) is 5.75 Å². The second-order valence-electron chi connectivity index (χ2n) is 3.60. The fraction of sp³-hybridized carbons (Fsp3) is 0.500. The van der Waals surface area contributed by atoms with E-state index in [2.05, 4.69) is 25.1 Å². The first kappa shape index (κ1) is 8.61. The molecule has 1 aliphatic heterocycles. The Kier molecular flexibility index (Phi) is 2.53. The molecule has 0 atom stereocenters. The van der Waals surface area contributed by atoms with Gasteiger partial charge in [0.2, 0.25) is 0 Å². The lowest BCUT2D eigenvalue weighted by Crippen LogP contribution is -1.91. The Labute approximate surface area is 79.7 Å². The zero-order valence-electron chi connectivity index (χ0n) is 8.18. The van der Waals surface area contributed by atoms with Crippen molar-refractivity contribution in [3.63, 3.8) is 0 Å². The molecule has 0 bridgehead atoms. The smallest absolute Gasteiger partial charge is 0.122 e. The van der Waals surface area contributed by atoms with Crippen LogP contribution in [0.15, 0.2) is 18.2 Å². The summed E-state index contributed by atoms with van der Waals surface area (Å²) in [4.78, 5) is 0. The van der Waals surface area contributed by atoms with Gasteiger partial charge in [-0.15, -0.1) is 0 Å². The molecule has 2 rings (SSSR count). The van der Waals surface area contributed by atoms with Gasteiger partial charge in [0.05, 0.1) is 6.61 Å². The van der Waals surface area contributed by atoms with E-state index in [1.54, 1.807) is 0 Å². The quantitative estimate of drug-likeness (QED) is 0.688. The van der Waals surface area contributed by atoms with Crippen molar-refractivity contribution in [3.05, 3.63) is 29.3 Å². The van der Waals surface area contributed by atoms with Crippen molar-refractivity contribution in [1.29, 1.82) is 0 Å². The predicted octanol–water partition coefficient (Wildman–Crippen LogP) is 2.96. The molecule has 0 spiro atoms. The van der Waals surface area contributed by atoms with Crippen LogP contribution >= 0.6 is 0 Å². The minimum Gasteiger partial charge on any atom is -0.493 e. The van der Waals surface area contributed by atoms with Crippen molar-refractivity contribution < 1.29 is 4.74 Å². The van der Waals surface area contributed by atoms with Crippen LogP contribution in [0.1, 0.15) is 30.9 Å². The molecule has 1 nitrogen and oxygen atoms in total. The molecule has 13 heavy (non-hydrogen) atoms. The van der Waals surface area contributed by atoms with Crippen molar-refractivity contribution in [2.24, 2.45) is 0 Å². The van der Waals surface area contributed by atoms with Crippen molar-refractivity contribution in [2.75, 3.05) is 6.61 Å². The topological polar surface area (TPSA) is 9.23 Å². The highest BCUT2D eigenvalue weighted by atomic mass is 16.5. The fourth-order valence-corrected chi connectivity index (χ4v) is 1.89. The second kappa shape index (κ2) is 3.82. The van der Waals surface area contributed by atoms with E-state index in [1.807, 2.05) is 0 Å². The van der Waals surface area contributed by atoms with Gasteiger partial charge in [-0.1, -0.05) is 25.5 Å². The number of aryl methyl sites for hydroxylation is 1. The van der Waals surface area contributed by atoms with E-state index in [-0.39, 0.29) is 0 Å². The molecule has 0 saturated heterocycles. The molecule has 1 heterocycles. The van der Waals surface area contributed by atoms with Gasteiger partial charge in [-0.3, -0.25) is 0 Å². The van der Waals surface area contributed by atoms with Crippen molar-refractivity contribution in [1.82, 2.24) is 0 Å². The standard InChI is InChI=1S/C12H16O/c1-2-3-5-10-6-4-7-12-11(10)8-9-13-12/h4,6-7H,2-3,5,8-9H2,1H3. The highest BCUT2D eigenvalue weighted by molar-refractivity contribution is 5.42. The molecule has 1 aromatic carbocycles. The maximum Gasteiger partial charge on any atom is 0.122 e. The average Bonchev–Trinajstić information content (AvgIpc) is 2.62. The summed E-state index contributed by atoms with van der Waals surface area (Å²) in [6.07, 6.45) is 4.87. The van der Waals surface area contributed by atoms with Crippen LogP contribution in [0.4, 0.5) is 0 Å². The Morgan fingerprint density at radius 1 is 1.38 bits per heavy atom. The van der Waals surface area contributed by atoms with Gasteiger partial charge in [0.25, 0.3) is 0 Å². The molecule has 0 fully saturated rings. The monoisotopic (exact) mass is 176 g/mol. The number of hydrogen-bond donors (Lipinski definition) is 0. The number of hydrogen-bond acceptors (Lipinski definition) is 1.